The van der Waals surface area contributed by atoms with Crippen molar-refractivity contribution in [3.8, 4) is 11.5 Å². The van der Waals surface area contributed by atoms with Gasteiger partial charge in [0, 0.05) is 45.4 Å². The van der Waals surface area contributed by atoms with Crippen molar-refractivity contribution < 1.29 is 24.1 Å². The number of benzene rings is 1. The molecule has 0 aliphatic carbocycles. The molecule has 1 N–H and O–H groups in total. The van der Waals surface area contributed by atoms with Crippen LogP contribution in [0.4, 0.5) is 0 Å². The molecule has 1 heterocycles. The number of hydrogen-bond donors (Lipinski definition) is 1. The second-order valence-electron chi connectivity index (χ2n) is 5.69. The highest BCUT2D eigenvalue weighted by molar-refractivity contribution is 5.77. The summed E-state index contributed by atoms with van der Waals surface area (Å²) < 4.78 is 15.8. The highest BCUT2D eigenvalue weighted by atomic mass is 16.5. The van der Waals surface area contributed by atoms with E-state index in [0.717, 1.165) is 19.6 Å². The number of carboxylic acids is 1. The van der Waals surface area contributed by atoms with Gasteiger partial charge in [0.25, 0.3) is 0 Å². The Kier molecular flexibility index (Phi) is 6.84. The van der Waals surface area contributed by atoms with E-state index in [4.69, 9.17) is 14.2 Å². The SMILES string of the molecule is COCCN1CCN([C@H](C(=O)O)c2cccc(OC)c2OC)CC1. The Hall–Kier alpha value is -1.83. The smallest absolute Gasteiger partial charge is 0.325 e. The summed E-state index contributed by atoms with van der Waals surface area (Å²) in [5.74, 6) is 0.140. The van der Waals surface area contributed by atoms with Crippen LogP contribution in [-0.4, -0.2) is 81.5 Å². The first-order chi connectivity index (χ1) is 11.6. The first-order valence-corrected chi connectivity index (χ1v) is 8.01. The van der Waals surface area contributed by atoms with E-state index in [-0.39, 0.29) is 0 Å². The Balaban J connectivity index is 2.18. The molecule has 134 valence electrons. The van der Waals surface area contributed by atoms with Crippen molar-refractivity contribution in [3.05, 3.63) is 23.8 Å². The van der Waals surface area contributed by atoms with Gasteiger partial charge in [0.2, 0.25) is 0 Å². The molecule has 1 saturated heterocycles. The lowest BCUT2D eigenvalue weighted by Crippen LogP contribution is -2.49. The van der Waals surface area contributed by atoms with E-state index in [1.807, 2.05) is 4.90 Å². The van der Waals surface area contributed by atoms with Crippen molar-refractivity contribution in [1.82, 2.24) is 9.80 Å². The van der Waals surface area contributed by atoms with Crippen molar-refractivity contribution >= 4 is 5.97 Å². The van der Waals surface area contributed by atoms with Gasteiger partial charge in [0.05, 0.1) is 20.8 Å². The zero-order chi connectivity index (χ0) is 17.5. The minimum Gasteiger partial charge on any atom is -0.493 e. The minimum atomic E-state index is -0.883. The van der Waals surface area contributed by atoms with Crippen molar-refractivity contribution in [2.75, 3.05) is 60.7 Å². The van der Waals surface area contributed by atoms with E-state index in [2.05, 4.69) is 4.90 Å². The van der Waals surface area contributed by atoms with Crippen LogP contribution in [-0.2, 0) is 9.53 Å². The fourth-order valence-corrected chi connectivity index (χ4v) is 3.08. The summed E-state index contributed by atoms with van der Waals surface area (Å²) in [6.07, 6.45) is 0. The van der Waals surface area contributed by atoms with Crippen molar-refractivity contribution in [1.29, 1.82) is 0 Å². The maximum atomic E-state index is 11.9. The Morgan fingerprint density at radius 3 is 2.42 bits per heavy atom. The molecule has 1 aliphatic rings. The van der Waals surface area contributed by atoms with E-state index < -0.39 is 12.0 Å². The highest BCUT2D eigenvalue weighted by Gasteiger charge is 2.33. The molecule has 1 aromatic carbocycles. The monoisotopic (exact) mass is 338 g/mol. The number of piperazine rings is 1. The van der Waals surface area contributed by atoms with Gasteiger partial charge in [-0.25, -0.2) is 0 Å². The van der Waals surface area contributed by atoms with Gasteiger partial charge in [-0.15, -0.1) is 0 Å². The Morgan fingerprint density at radius 1 is 1.17 bits per heavy atom. The van der Waals surface area contributed by atoms with Crippen LogP contribution in [0.2, 0.25) is 0 Å². The standard InChI is InChI=1S/C17H26N2O5/c1-22-12-11-18-7-9-19(10-8-18)15(17(20)21)13-5-4-6-14(23-2)16(13)24-3/h4-6,15H,7-12H2,1-3H3,(H,20,21)/t15-/m0/s1. The molecule has 2 rings (SSSR count). The van der Waals surface area contributed by atoms with Crippen LogP contribution in [0.15, 0.2) is 18.2 Å². The predicted molar refractivity (Wildman–Crippen MR) is 89.8 cm³/mol. The minimum absolute atomic E-state index is 0.481. The number of ether oxygens (including phenoxy) is 3. The second kappa shape index (κ2) is 8.86. The first kappa shape index (κ1) is 18.5. The highest BCUT2D eigenvalue weighted by Crippen LogP contribution is 2.37. The van der Waals surface area contributed by atoms with E-state index in [1.165, 1.54) is 7.11 Å². The van der Waals surface area contributed by atoms with Crippen LogP contribution >= 0.6 is 0 Å². The zero-order valence-electron chi connectivity index (χ0n) is 14.5. The molecule has 1 aromatic rings. The summed E-state index contributed by atoms with van der Waals surface area (Å²) in [5.41, 5.74) is 0.620. The Morgan fingerprint density at radius 2 is 1.88 bits per heavy atom. The van der Waals surface area contributed by atoms with Crippen molar-refractivity contribution in [2.24, 2.45) is 0 Å². The zero-order valence-corrected chi connectivity index (χ0v) is 14.5. The molecule has 1 aliphatic heterocycles. The molecule has 7 heteroatoms. The third-order valence-electron chi connectivity index (χ3n) is 4.35. The summed E-state index contributed by atoms with van der Waals surface area (Å²) >= 11 is 0. The molecule has 0 bridgehead atoms. The number of carbonyl (C=O) groups is 1. The second-order valence-corrected chi connectivity index (χ2v) is 5.69. The fraction of sp³-hybridized carbons (Fsp3) is 0.588. The van der Waals surface area contributed by atoms with E-state index in [9.17, 15) is 9.90 Å². The molecule has 0 unspecified atom stereocenters. The van der Waals surface area contributed by atoms with Gasteiger partial charge < -0.3 is 19.3 Å². The average Bonchev–Trinajstić information content (AvgIpc) is 2.60. The number of methoxy groups -OCH3 is 3. The summed E-state index contributed by atoms with van der Waals surface area (Å²) in [7, 11) is 4.76. The number of hydrogen-bond acceptors (Lipinski definition) is 6. The molecule has 0 saturated carbocycles. The summed E-state index contributed by atoms with van der Waals surface area (Å²) in [6, 6.07) is 4.60. The largest absolute Gasteiger partial charge is 0.493 e. The lowest BCUT2D eigenvalue weighted by atomic mass is 10.0. The molecule has 0 radical (unpaired) electrons. The quantitative estimate of drug-likeness (QED) is 0.761. The van der Waals surface area contributed by atoms with Crippen LogP contribution in [0.1, 0.15) is 11.6 Å². The van der Waals surface area contributed by atoms with Gasteiger partial charge in [-0.3, -0.25) is 14.6 Å². The van der Waals surface area contributed by atoms with E-state index >= 15 is 0 Å². The molecule has 24 heavy (non-hydrogen) atoms. The molecule has 7 nitrogen and oxygen atoms in total. The van der Waals surface area contributed by atoms with Crippen LogP contribution in [0, 0.1) is 0 Å². The predicted octanol–water partition coefficient (Wildman–Crippen LogP) is 1.09. The van der Waals surface area contributed by atoms with Gasteiger partial charge in [0.1, 0.15) is 6.04 Å². The van der Waals surface area contributed by atoms with Crippen molar-refractivity contribution in [2.45, 2.75) is 6.04 Å². The van der Waals surface area contributed by atoms with E-state index in [0.29, 0.717) is 36.8 Å². The number of para-hydroxylation sites is 1. The van der Waals surface area contributed by atoms with Crippen LogP contribution in [0.5, 0.6) is 11.5 Å². The lowest BCUT2D eigenvalue weighted by molar-refractivity contribution is -0.144. The number of aliphatic carboxylic acids is 1. The average molecular weight is 338 g/mol. The molecule has 0 spiro atoms. The van der Waals surface area contributed by atoms with Gasteiger partial charge in [-0.1, -0.05) is 12.1 Å². The van der Waals surface area contributed by atoms with E-state index in [1.54, 1.807) is 32.4 Å². The first-order valence-electron chi connectivity index (χ1n) is 8.01. The molecule has 1 atom stereocenters. The number of carboxylic acid groups (broad SMARTS) is 1. The molecule has 0 amide bonds. The van der Waals surface area contributed by atoms with Crippen molar-refractivity contribution in [3.63, 3.8) is 0 Å². The summed E-state index contributed by atoms with van der Waals surface area (Å²) in [4.78, 5) is 16.2. The third-order valence-corrected chi connectivity index (χ3v) is 4.35. The van der Waals surface area contributed by atoms with Gasteiger partial charge in [-0.2, -0.15) is 0 Å². The normalized spacial score (nSPS) is 17.5. The number of rotatable bonds is 8. The topological polar surface area (TPSA) is 71.5 Å². The molecule has 1 fully saturated rings. The lowest BCUT2D eigenvalue weighted by Gasteiger charge is -2.38. The van der Waals surface area contributed by atoms with Crippen LogP contribution < -0.4 is 9.47 Å². The third kappa shape index (κ3) is 4.17. The summed E-state index contributed by atoms with van der Waals surface area (Å²) in [6.45, 7) is 4.55. The van der Waals surface area contributed by atoms with Gasteiger partial charge in [0.15, 0.2) is 11.5 Å². The van der Waals surface area contributed by atoms with Crippen LogP contribution in [0.25, 0.3) is 0 Å². The number of nitrogens with zero attached hydrogens (tertiary/aromatic N) is 2. The maximum absolute atomic E-state index is 11.9. The molecular formula is C17H26N2O5. The van der Waals surface area contributed by atoms with Crippen LogP contribution in [0.3, 0.4) is 0 Å². The Labute approximate surface area is 142 Å². The van der Waals surface area contributed by atoms with Gasteiger partial charge >= 0.3 is 5.97 Å². The Bertz CT molecular complexity index is 544. The summed E-state index contributed by atoms with van der Waals surface area (Å²) in [5, 5.41) is 9.80. The van der Waals surface area contributed by atoms with Gasteiger partial charge in [-0.05, 0) is 6.07 Å². The molecule has 0 aromatic heterocycles. The fourth-order valence-electron chi connectivity index (χ4n) is 3.08. The molecular weight excluding hydrogens is 312 g/mol. The maximum Gasteiger partial charge on any atom is 0.325 e.